The minimum atomic E-state index is -0.249. The van der Waals surface area contributed by atoms with Gasteiger partial charge in [0.25, 0.3) is 0 Å². The highest BCUT2D eigenvalue weighted by Crippen LogP contribution is 2.22. The molecule has 0 unspecified atom stereocenters. The second-order valence-electron chi connectivity index (χ2n) is 6.94. The molecule has 0 aliphatic carbocycles. The van der Waals surface area contributed by atoms with E-state index in [1.807, 2.05) is 30.0 Å². The number of amides is 2. The molecule has 3 rings (SSSR count). The van der Waals surface area contributed by atoms with Crippen LogP contribution in [0, 0.1) is 12.8 Å². The number of rotatable bonds is 4. The van der Waals surface area contributed by atoms with Crippen molar-refractivity contribution in [3.63, 3.8) is 0 Å². The molecule has 136 valence electrons. The number of likely N-dealkylation sites (N-methyl/N-ethyl adjacent to an activating group) is 1. The zero-order chi connectivity index (χ0) is 18.0. The largest absolute Gasteiger partial charge is 0.496 e. The first-order valence-corrected chi connectivity index (χ1v) is 8.75. The van der Waals surface area contributed by atoms with Crippen molar-refractivity contribution in [1.82, 2.24) is 9.80 Å². The minimum absolute atomic E-state index is 0.0524. The van der Waals surface area contributed by atoms with Crippen LogP contribution in [-0.4, -0.2) is 68.1 Å². The summed E-state index contributed by atoms with van der Waals surface area (Å²) < 4.78 is 10.9. The van der Waals surface area contributed by atoms with Crippen LogP contribution in [0.15, 0.2) is 18.2 Å². The molecule has 2 aliphatic rings. The van der Waals surface area contributed by atoms with Gasteiger partial charge in [-0.05, 0) is 30.5 Å². The fourth-order valence-corrected chi connectivity index (χ4v) is 3.53. The quantitative estimate of drug-likeness (QED) is 0.823. The molecule has 25 heavy (non-hydrogen) atoms. The Hall–Kier alpha value is -2.08. The standard InChI is InChI=1S/C19H26N2O4/c1-13-4-5-14(8-17(13)24-3)6-7-18(22)21-9-15-11-25-12-16(10-21)20(2)19(15)23/h4-5,8,15-16H,6-7,9-12H2,1-3H3/t15-,16+/m1/s1. The number of aryl methyl sites for hydroxylation is 2. The summed E-state index contributed by atoms with van der Waals surface area (Å²) in [5.41, 5.74) is 2.17. The van der Waals surface area contributed by atoms with Crippen LogP contribution in [0.2, 0.25) is 0 Å². The lowest BCUT2D eigenvalue weighted by atomic mass is 10.1. The van der Waals surface area contributed by atoms with Gasteiger partial charge in [-0.15, -0.1) is 0 Å². The Kier molecular flexibility index (Phi) is 5.27. The molecule has 0 N–H and O–H groups in total. The van der Waals surface area contributed by atoms with Crippen molar-refractivity contribution in [2.24, 2.45) is 5.92 Å². The number of hydrogen-bond acceptors (Lipinski definition) is 4. The molecule has 6 nitrogen and oxygen atoms in total. The Balaban J connectivity index is 1.64. The first-order chi connectivity index (χ1) is 12.0. The molecule has 0 radical (unpaired) electrons. The van der Waals surface area contributed by atoms with Crippen molar-refractivity contribution in [1.29, 1.82) is 0 Å². The maximum Gasteiger partial charge on any atom is 0.229 e. The van der Waals surface area contributed by atoms with Gasteiger partial charge in [0.2, 0.25) is 11.8 Å². The average molecular weight is 346 g/mol. The van der Waals surface area contributed by atoms with E-state index in [2.05, 4.69) is 0 Å². The van der Waals surface area contributed by atoms with Crippen molar-refractivity contribution in [2.45, 2.75) is 25.8 Å². The highest BCUT2D eigenvalue weighted by atomic mass is 16.5. The van der Waals surface area contributed by atoms with Crippen LogP contribution in [0.25, 0.3) is 0 Å². The lowest BCUT2D eigenvalue weighted by Gasteiger charge is -2.29. The third-order valence-corrected chi connectivity index (χ3v) is 5.20. The minimum Gasteiger partial charge on any atom is -0.496 e. The summed E-state index contributed by atoms with van der Waals surface area (Å²) in [5, 5.41) is 0. The first kappa shape index (κ1) is 17.7. The third-order valence-electron chi connectivity index (χ3n) is 5.20. The van der Waals surface area contributed by atoms with E-state index >= 15 is 0 Å². The van der Waals surface area contributed by atoms with E-state index in [0.29, 0.717) is 39.1 Å². The molecule has 2 saturated heterocycles. The Bertz CT molecular complexity index is 661. The topological polar surface area (TPSA) is 59.1 Å². The van der Waals surface area contributed by atoms with Gasteiger partial charge in [0, 0.05) is 26.6 Å². The summed E-state index contributed by atoms with van der Waals surface area (Å²) in [6.45, 7) is 3.90. The molecule has 2 heterocycles. The van der Waals surface area contributed by atoms with Gasteiger partial charge >= 0.3 is 0 Å². The lowest BCUT2D eigenvalue weighted by molar-refractivity contribution is -0.134. The van der Waals surface area contributed by atoms with Gasteiger partial charge < -0.3 is 19.3 Å². The normalized spacial score (nSPS) is 23.4. The van der Waals surface area contributed by atoms with Crippen LogP contribution in [-0.2, 0) is 20.7 Å². The summed E-state index contributed by atoms with van der Waals surface area (Å²) in [6.07, 6.45) is 1.10. The molecule has 1 aromatic rings. The number of hydrogen-bond donors (Lipinski definition) is 0. The summed E-state index contributed by atoms with van der Waals surface area (Å²) in [4.78, 5) is 28.7. The number of carbonyl (C=O) groups is 2. The highest BCUT2D eigenvalue weighted by molar-refractivity contribution is 5.82. The molecule has 2 bridgehead atoms. The van der Waals surface area contributed by atoms with E-state index in [1.165, 1.54) is 0 Å². The van der Waals surface area contributed by atoms with Crippen molar-refractivity contribution in [3.8, 4) is 5.75 Å². The monoisotopic (exact) mass is 346 g/mol. The predicted molar refractivity (Wildman–Crippen MR) is 93.5 cm³/mol. The molecule has 6 heteroatoms. The zero-order valence-corrected chi connectivity index (χ0v) is 15.2. The van der Waals surface area contributed by atoms with E-state index in [9.17, 15) is 9.59 Å². The maximum absolute atomic E-state index is 12.7. The number of nitrogens with zero attached hydrogens (tertiary/aromatic N) is 2. The second-order valence-corrected chi connectivity index (χ2v) is 6.94. The summed E-state index contributed by atoms with van der Waals surface area (Å²) in [5.74, 6) is 0.778. The van der Waals surface area contributed by atoms with E-state index in [0.717, 1.165) is 16.9 Å². The number of benzene rings is 1. The Morgan fingerprint density at radius 2 is 2.12 bits per heavy atom. The fraction of sp³-hybridized carbons (Fsp3) is 0.579. The van der Waals surface area contributed by atoms with Crippen LogP contribution < -0.4 is 4.74 Å². The molecule has 0 aromatic heterocycles. The van der Waals surface area contributed by atoms with Crippen molar-refractivity contribution >= 4 is 11.8 Å². The van der Waals surface area contributed by atoms with Crippen LogP contribution in [0.5, 0.6) is 5.75 Å². The van der Waals surface area contributed by atoms with Gasteiger partial charge in [-0.2, -0.15) is 0 Å². The number of fused-ring (bicyclic) bond motifs is 3. The van der Waals surface area contributed by atoms with Gasteiger partial charge in [0.15, 0.2) is 0 Å². The Morgan fingerprint density at radius 1 is 1.32 bits per heavy atom. The first-order valence-electron chi connectivity index (χ1n) is 8.75. The van der Waals surface area contributed by atoms with Crippen LogP contribution in [0.3, 0.4) is 0 Å². The predicted octanol–water partition coefficient (Wildman–Crippen LogP) is 1.25. The summed E-state index contributed by atoms with van der Waals surface area (Å²) in [7, 11) is 3.46. The van der Waals surface area contributed by atoms with Crippen LogP contribution in [0.1, 0.15) is 17.5 Å². The molecular weight excluding hydrogens is 320 g/mol. The fourth-order valence-electron chi connectivity index (χ4n) is 3.53. The SMILES string of the molecule is COc1cc(CCC(=O)N2C[C@@H]3COC[C@H](C2)N(C)C3=O)ccc1C. The molecule has 2 aliphatic heterocycles. The molecular formula is C19H26N2O4. The van der Waals surface area contributed by atoms with E-state index in [4.69, 9.17) is 9.47 Å². The maximum atomic E-state index is 12.7. The molecule has 2 fully saturated rings. The lowest BCUT2D eigenvalue weighted by Crippen LogP contribution is -2.45. The molecule has 2 atom stereocenters. The van der Waals surface area contributed by atoms with E-state index in [-0.39, 0.29) is 23.8 Å². The van der Waals surface area contributed by atoms with Gasteiger partial charge in [-0.1, -0.05) is 12.1 Å². The van der Waals surface area contributed by atoms with Crippen molar-refractivity contribution < 1.29 is 19.1 Å². The van der Waals surface area contributed by atoms with Crippen LogP contribution >= 0.6 is 0 Å². The highest BCUT2D eigenvalue weighted by Gasteiger charge is 2.38. The Morgan fingerprint density at radius 3 is 2.88 bits per heavy atom. The molecule has 2 amide bonds. The second kappa shape index (κ2) is 7.44. The van der Waals surface area contributed by atoms with Gasteiger partial charge in [-0.3, -0.25) is 9.59 Å². The summed E-state index contributed by atoms with van der Waals surface area (Å²) in [6, 6.07) is 5.99. The average Bonchev–Trinajstić information content (AvgIpc) is 2.79. The van der Waals surface area contributed by atoms with Crippen LogP contribution in [0.4, 0.5) is 0 Å². The van der Waals surface area contributed by atoms with E-state index < -0.39 is 0 Å². The molecule has 0 saturated carbocycles. The smallest absolute Gasteiger partial charge is 0.229 e. The summed E-state index contributed by atoms with van der Waals surface area (Å²) >= 11 is 0. The van der Waals surface area contributed by atoms with Crippen molar-refractivity contribution in [2.75, 3.05) is 40.5 Å². The van der Waals surface area contributed by atoms with E-state index in [1.54, 1.807) is 19.1 Å². The molecule has 1 aromatic carbocycles. The number of methoxy groups -OCH3 is 1. The van der Waals surface area contributed by atoms with Gasteiger partial charge in [0.05, 0.1) is 32.3 Å². The number of ether oxygens (including phenoxy) is 2. The Labute approximate surface area is 148 Å². The van der Waals surface area contributed by atoms with Gasteiger partial charge in [-0.25, -0.2) is 0 Å². The molecule has 0 spiro atoms. The number of carbonyl (C=O) groups excluding carboxylic acids is 2. The zero-order valence-electron chi connectivity index (χ0n) is 15.2. The third kappa shape index (κ3) is 3.79. The van der Waals surface area contributed by atoms with Crippen molar-refractivity contribution in [3.05, 3.63) is 29.3 Å². The van der Waals surface area contributed by atoms with Gasteiger partial charge in [0.1, 0.15) is 5.75 Å².